The van der Waals surface area contributed by atoms with Gasteiger partial charge >= 0.3 is 0 Å². The first-order valence-electron chi connectivity index (χ1n) is 6.88. The van der Waals surface area contributed by atoms with Crippen LogP contribution in [-0.2, 0) is 11.3 Å². The Morgan fingerprint density at radius 3 is 2.50 bits per heavy atom. The molecular weight excluding hydrogens is 224 g/mol. The highest BCUT2D eigenvalue weighted by Crippen LogP contribution is 2.23. The predicted octanol–water partition coefficient (Wildman–Crippen LogP) is 2.86. The molecule has 0 unspecified atom stereocenters. The Hall–Kier alpha value is -1.51. The Balaban J connectivity index is 1.86. The van der Waals surface area contributed by atoms with E-state index < -0.39 is 0 Å². The molecule has 0 radical (unpaired) electrons. The van der Waals surface area contributed by atoms with Crippen molar-refractivity contribution in [3.8, 4) is 0 Å². The Morgan fingerprint density at radius 2 is 1.83 bits per heavy atom. The summed E-state index contributed by atoms with van der Waals surface area (Å²) in [5.41, 5.74) is 7.61. The maximum Gasteiger partial charge on any atom is 0.223 e. The van der Waals surface area contributed by atoms with Crippen molar-refractivity contribution < 1.29 is 4.79 Å². The quantitative estimate of drug-likeness (QED) is 0.636. The molecule has 0 spiro atoms. The first-order valence-corrected chi connectivity index (χ1v) is 6.88. The average Bonchev–Trinajstić information content (AvgIpc) is 2.66. The average molecular weight is 246 g/mol. The summed E-state index contributed by atoms with van der Waals surface area (Å²) in [5, 5.41) is 3.02. The highest BCUT2D eigenvalue weighted by Gasteiger charge is 2.19. The molecule has 0 saturated heterocycles. The monoisotopic (exact) mass is 246 g/mol. The van der Waals surface area contributed by atoms with Crippen molar-refractivity contribution >= 4 is 11.6 Å². The molecule has 0 atom stereocenters. The van der Waals surface area contributed by atoms with Crippen molar-refractivity contribution in [2.45, 2.75) is 45.1 Å². The van der Waals surface area contributed by atoms with Gasteiger partial charge in [-0.05, 0) is 24.5 Å². The van der Waals surface area contributed by atoms with Crippen LogP contribution < -0.4 is 11.1 Å². The summed E-state index contributed by atoms with van der Waals surface area (Å²) in [6, 6.07) is 7.69. The number of hydrogen-bond acceptors (Lipinski definition) is 2. The fourth-order valence-corrected chi connectivity index (χ4v) is 2.56. The third-order valence-corrected chi connectivity index (χ3v) is 3.73. The molecule has 3 N–H and O–H groups in total. The van der Waals surface area contributed by atoms with Crippen LogP contribution in [0.2, 0.25) is 0 Å². The Labute approximate surface area is 109 Å². The molecule has 98 valence electrons. The molecule has 2 rings (SSSR count). The van der Waals surface area contributed by atoms with E-state index in [1.807, 2.05) is 24.3 Å². The minimum atomic E-state index is 0.195. The summed E-state index contributed by atoms with van der Waals surface area (Å²) in [4.78, 5) is 12.1. The maximum absolute atomic E-state index is 12.1. The summed E-state index contributed by atoms with van der Waals surface area (Å²) >= 11 is 0. The molecule has 1 saturated carbocycles. The number of nitrogens with one attached hydrogen (secondary N) is 1. The molecule has 1 amide bonds. The van der Waals surface area contributed by atoms with Gasteiger partial charge in [-0.15, -0.1) is 0 Å². The molecule has 1 aliphatic rings. The molecule has 18 heavy (non-hydrogen) atoms. The number of anilines is 1. The molecule has 1 aromatic rings. The van der Waals surface area contributed by atoms with Crippen LogP contribution in [0.1, 0.15) is 44.1 Å². The number of hydrogen-bond donors (Lipinski definition) is 2. The van der Waals surface area contributed by atoms with Crippen LogP contribution in [0.4, 0.5) is 5.69 Å². The Morgan fingerprint density at radius 1 is 1.17 bits per heavy atom. The lowest BCUT2D eigenvalue weighted by Crippen LogP contribution is -2.30. The van der Waals surface area contributed by atoms with Crippen molar-refractivity contribution in [3.05, 3.63) is 29.8 Å². The fraction of sp³-hybridized carbons (Fsp3) is 0.533. The number of amides is 1. The van der Waals surface area contributed by atoms with Crippen molar-refractivity contribution in [1.82, 2.24) is 5.32 Å². The molecule has 0 aromatic heterocycles. The van der Waals surface area contributed by atoms with Crippen LogP contribution in [-0.4, -0.2) is 5.91 Å². The second kappa shape index (κ2) is 6.43. The van der Waals surface area contributed by atoms with E-state index in [1.54, 1.807) is 0 Å². The van der Waals surface area contributed by atoms with E-state index in [2.05, 4.69) is 5.32 Å². The van der Waals surface area contributed by atoms with Crippen molar-refractivity contribution in [1.29, 1.82) is 0 Å². The summed E-state index contributed by atoms with van der Waals surface area (Å²) in [5.74, 6) is 0.401. The van der Waals surface area contributed by atoms with E-state index in [0.29, 0.717) is 6.54 Å². The second-order valence-corrected chi connectivity index (χ2v) is 5.11. The van der Waals surface area contributed by atoms with E-state index >= 15 is 0 Å². The Bertz CT molecular complexity index is 395. The molecule has 1 fully saturated rings. The number of benzene rings is 1. The van der Waals surface area contributed by atoms with Gasteiger partial charge in [0.2, 0.25) is 5.91 Å². The molecule has 1 aromatic carbocycles. The molecule has 3 nitrogen and oxygen atoms in total. The number of nitrogen functional groups attached to an aromatic ring is 1. The number of carbonyl (C=O) groups excluding carboxylic acids is 1. The zero-order valence-electron chi connectivity index (χ0n) is 10.8. The topological polar surface area (TPSA) is 55.1 Å². The number of nitrogens with two attached hydrogens (primary N) is 1. The molecular formula is C15H22N2O. The van der Waals surface area contributed by atoms with Gasteiger partial charge in [0.15, 0.2) is 0 Å². The van der Waals surface area contributed by atoms with Crippen molar-refractivity contribution in [2.75, 3.05) is 5.73 Å². The molecule has 3 heteroatoms. The standard InChI is InChI=1S/C15H22N2O/c16-14-10-6-5-9-13(14)11-17-15(18)12-7-3-1-2-4-8-12/h5-6,9-10,12H,1-4,7-8,11,16H2,(H,17,18). The minimum absolute atomic E-state index is 0.195. The lowest BCUT2D eigenvalue weighted by Gasteiger charge is -2.14. The minimum Gasteiger partial charge on any atom is -0.398 e. The van der Waals surface area contributed by atoms with Crippen molar-refractivity contribution in [3.63, 3.8) is 0 Å². The van der Waals surface area contributed by atoms with Gasteiger partial charge in [-0.1, -0.05) is 43.9 Å². The van der Waals surface area contributed by atoms with Gasteiger partial charge in [-0.2, -0.15) is 0 Å². The zero-order valence-corrected chi connectivity index (χ0v) is 10.8. The van der Waals surface area contributed by atoms with E-state index in [0.717, 1.165) is 24.1 Å². The first-order chi connectivity index (χ1) is 8.77. The van der Waals surface area contributed by atoms with Gasteiger partial charge in [-0.25, -0.2) is 0 Å². The van der Waals surface area contributed by atoms with E-state index in [9.17, 15) is 4.79 Å². The number of carbonyl (C=O) groups is 1. The maximum atomic E-state index is 12.1. The zero-order chi connectivity index (χ0) is 12.8. The Kier molecular flexibility index (Phi) is 4.62. The van der Waals surface area contributed by atoms with E-state index in [1.165, 1.54) is 25.7 Å². The number of rotatable bonds is 3. The summed E-state index contributed by atoms with van der Waals surface area (Å²) in [6.45, 7) is 0.544. The first kappa shape index (κ1) is 12.9. The largest absolute Gasteiger partial charge is 0.398 e. The summed E-state index contributed by atoms with van der Waals surface area (Å²) in [6.07, 6.45) is 6.99. The molecule has 0 bridgehead atoms. The van der Waals surface area contributed by atoms with Gasteiger partial charge in [-0.3, -0.25) is 4.79 Å². The van der Waals surface area contributed by atoms with E-state index in [4.69, 9.17) is 5.73 Å². The van der Waals surface area contributed by atoms with Crippen LogP contribution in [0.5, 0.6) is 0 Å². The summed E-state index contributed by atoms with van der Waals surface area (Å²) in [7, 11) is 0. The third kappa shape index (κ3) is 3.49. The van der Waals surface area contributed by atoms with Crippen LogP contribution in [0.15, 0.2) is 24.3 Å². The van der Waals surface area contributed by atoms with Crippen LogP contribution in [0.3, 0.4) is 0 Å². The van der Waals surface area contributed by atoms with Crippen LogP contribution in [0, 0.1) is 5.92 Å². The second-order valence-electron chi connectivity index (χ2n) is 5.11. The predicted molar refractivity (Wildman–Crippen MR) is 73.9 cm³/mol. The lowest BCUT2D eigenvalue weighted by molar-refractivity contribution is -0.125. The van der Waals surface area contributed by atoms with Gasteiger partial charge in [0.1, 0.15) is 0 Å². The van der Waals surface area contributed by atoms with Gasteiger partial charge < -0.3 is 11.1 Å². The molecule has 0 aliphatic heterocycles. The smallest absolute Gasteiger partial charge is 0.223 e. The van der Waals surface area contributed by atoms with Crippen molar-refractivity contribution in [2.24, 2.45) is 5.92 Å². The lowest BCUT2D eigenvalue weighted by atomic mass is 9.99. The van der Waals surface area contributed by atoms with Gasteiger partial charge in [0.25, 0.3) is 0 Å². The van der Waals surface area contributed by atoms with Gasteiger partial charge in [0.05, 0.1) is 0 Å². The summed E-state index contributed by atoms with van der Waals surface area (Å²) < 4.78 is 0. The fourth-order valence-electron chi connectivity index (χ4n) is 2.56. The molecule has 0 heterocycles. The highest BCUT2D eigenvalue weighted by molar-refractivity contribution is 5.78. The normalized spacial score (nSPS) is 17.1. The van der Waals surface area contributed by atoms with Gasteiger partial charge in [0, 0.05) is 18.2 Å². The van der Waals surface area contributed by atoms with Crippen LogP contribution >= 0.6 is 0 Å². The highest BCUT2D eigenvalue weighted by atomic mass is 16.1. The molecule has 1 aliphatic carbocycles. The van der Waals surface area contributed by atoms with Crippen LogP contribution in [0.25, 0.3) is 0 Å². The van der Waals surface area contributed by atoms with E-state index in [-0.39, 0.29) is 11.8 Å². The SMILES string of the molecule is Nc1ccccc1CNC(=O)C1CCCCCC1. The third-order valence-electron chi connectivity index (χ3n) is 3.73. The number of para-hydroxylation sites is 1.